The van der Waals surface area contributed by atoms with Crippen LogP contribution in [0.2, 0.25) is 0 Å². The number of hydrogen-bond donors (Lipinski definition) is 1. The summed E-state index contributed by atoms with van der Waals surface area (Å²) in [4.78, 5) is 0. The van der Waals surface area contributed by atoms with Gasteiger partial charge in [0.1, 0.15) is 5.75 Å². The highest BCUT2D eigenvalue weighted by atomic mass is 16.5. The number of para-hydroxylation sites is 1. The van der Waals surface area contributed by atoms with Crippen LogP contribution in [-0.4, -0.2) is 13.2 Å². The number of hydrogen-bond acceptors (Lipinski definition) is 2. The lowest BCUT2D eigenvalue weighted by Crippen LogP contribution is -2.15. The molecule has 2 nitrogen and oxygen atoms in total. The van der Waals surface area contributed by atoms with E-state index in [1.54, 1.807) is 0 Å². The van der Waals surface area contributed by atoms with E-state index in [-0.39, 0.29) is 0 Å². The Bertz CT molecular complexity index is 310. The van der Waals surface area contributed by atoms with Crippen LogP contribution in [0.15, 0.2) is 18.2 Å². The van der Waals surface area contributed by atoms with E-state index in [2.05, 4.69) is 44.3 Å². The largest absolute Gasteiger partial charge is 0.493 e. The smallest absolute Gasteiger partial charge is 0.126 e. The van der Waals surface area contributed by atoms with Crippen LogP contribution in [0.1, 0.15) is 37.8 Å². The summed E-state index contributed by atoms with van der Waals surface area (Å²) in [6.45, 7) is 9.17. The minimum atomic E-state index is 0.797. The molecule has 0 radical (unpaired) electrons. The number of nitrogens with one attached hydrogen (secondary N) is 1. The van der Waals surface area contributed by atoms with E-state index in [1.807, 2.05) is 0 Å². The van der Waals surface area contributed by atoms with Crippen molar-refractivity contribution in [3.63, 3.8) is 0 Å². The number of aryl methyl sites for hydroxylation is 1. The lowest BCUT2D eigenvalue weighted by Gasteiger charge is -2.14. The van der Waals surface area contributed by atoms with E-state index in [4.69, 9.17) is 4.74 Å². The summed E-state index contributed by atoms with van der Waals surface area (Å²) in [5.41, 5.74) is 2.49. The van der Waals surface area contributed by atoms with Crippen LogP contribution >= 0.6 is 0 Å². The molecule has 16 heavy (non-hydrogen) atoms. The molecule has 0 atom stereocenters. The van der Waals surface area contributed by atoms with Gasteiger partial charge in [0, 0.05) is 12.1 Å². The highest BCUT2D eigenvalue weighted by Gasteiger charge is 2.05. The molecule has 2 heteroatoms. The Labute approximate surface area is 99.0 Å². The Hall–Kier alpha value is -1.02. The molecule has 0 fully saturated rings. The molecule has 0 aliphatic carbocycles. The van der Waals surface area contributed by atoms with Gasteiger partial charge in [0.2, 0.25) is 0 Å². The van der Waals surface area contributed by atoms with Gasteiger partial charge in [-0.1, -0.05) is 32.0 Å². The second kappa shape index (κ2) is 7.29. The standard InChI is InChI=1S/C14H23NO/c1-4-9-15-11-13-8-6-7-12(3)14(13)16-10-5-2/h6-8,15H,4-5,9-11H2,1-3H3. The number of benzene rings is 1. The summed E-state index contributed by atoms with van der Waals surface area (Å²) >= 11 is 0. The maximum absolute atomic E-state index is 5.81. The molecule has 0 unspecified atom stereocenters. The SMILES string of the molecule is CCCNCc1cccc(C)c1OCCC. The fraction of sp³-hybridized carbons (Fsp3) is 0.571. The second-order valence-electron chi connectivity index (χ2n) is 4.09. The number of rotatable bonds is 7. The zero-order valence-corrected chi connectivity index (χ0v) is 10.7. The predicted octanol–water partition coefficient (Wildman–Crippen LogP) is 3.28. The van der Waals surface area contributed by atoms with Crippen molar-refractivity contribution in [2.24, 2.45) is 0 Å². The first-order valence-corrected chi connectivity index (χ1v) is 6.21. The lowest BCUT2D eigenvalue weighted by atomic mass is 10.1. The molecule has 0 aliphatic rings. The van der Waals surface area contributed by atoms with Gasteiger partial charge in [-0.25, -0.2) is 0 Å². The quantitative estimate of drug-likeness (QED) is 0.713. The van der Waals surface area contributed by atoms with Crippen molar-refractivity contribution in [3.8, 4) is 5.75 Å². The molecular weight excluding hydrogens is 198 g/mol. The van der Waals surface area contributed by atoms with Gasteiger partial charge in [0.05, 0.1) is 6.61 Å². The van der Waals surface area contributed by atoms with Gasteiger partial charge in [-0.2, -0.15) is 0 Å². The highest BCUT2D eigenvalue weighted by Crippen LogP contribution is 2.23. The molecule has 0 bridgehead atoms. The van der Waals surface area contributed by atoms with E-state index < -0.39 is 0 Å². The minimum absolute atomic E-state index is 0.797. The van der Waals surface area contributed by atoms with Crippen LogP contribution in [-0.2, 0) is 6.54 Å². The van der Waals surface area contributed by atoms with Crippen molar-refractivity contribution in [1.29, 1.82) is 0 Å². The highest BCUT2D eigenvalue weighted by molar-refractivity contribution is 5.40. The van der Waals surface area contributed by atoms with Crippen LogP contribution < -0.4 is 10.1 Å². The zero-order chi connectivity index (χ0) is 11.8. The molecule has 0 aromatic heterocycles. The van der Waals surface area contributed by atoms with Crippen LogP contribution in [0.3, 0.4) is 0 Å². The van der Waals surface area contributed by atoms with E-state index in [0.29, 0.717) is 0 Å². The van der Waals surface area contributed by atoms with Crippen molar-refractivity contribution >= 4 is 0 Å². The average molecular weight is 221 g/mol. The molecule has 0 saturated carbocycles. The van der Waals surface area contributed by atoms with Crippen molar-refractivity contribution in [1.82, 2.24) is 5.32 Å². The van der Waals surface area contributed by atoms with Crippen molar-refractivity contribution < 1.29 is 4.74 Å². The average Bonchev–Trinajstić information content (AvgIpc) is 2.28. The van der Waals surface area contributed by atoms with E-state index >= 15 is 0 Å². The number of ether oxygens (including phenoxy) is 1. The topological polar surface area (TPSA) is 21.3 Å². The van der Waals surface area contributed by atoms with Crippen LogP contribution in [0.4, 0.5) is 0 Å². The first-order chi connectivity index (χ1) is 7.79. The van der Waals surface area contributed by atoms with Gasteiger partial charge in [-0.3, -0.25) is 0 Å². The Kier molecular flexibility index (Phi) is 5.94. The molecule has 0 saturated heterocycles. The van der Waals surface area contributed by atoms with Crippen molar-refractivity contribution in [2.45, 2.75) is 40.2 Å². The normalized spacial score (nSPS) is 10.4. The molecule has 0 spiro atoms. The summed E-state index contributed by atoms with van der Waals surface area (Å²) in [7, 11) is 0. The third-order valence-electron chi connectivity index (χ3n) is 2.49. The maximum atomic E-state index is 5.81. The molecule has 1 N–H and O–H groups in total. The van der Waals surface area contributed by atoms with E-state index in [0.717, 1.165) is 38.3 Å². The van der Waals surface area contributed by atoms with Crippen molar-refractivity contribution in [2.75, 3.05) is 13.2 Å². The Morgan fingerprint density at radius 2 is 2.00 bits per heavy atom. The third-order valence-corrected chi connectivity index (χ3v) is 2.49. The summed E-state index contributed by atoms with van der Waals surface area (Å²) in [5.74, 6) is 1.06. The van der Waals surface area contributed by atoms with Crippen LogP contribution in [0.25, 0.3) is 0 Å². The van der Waals surface area contributed by atoms with E-state index in [9.17, 15) is 0 Å². The third kappa shape index (κ3) is 3.86. The Morgan fingerprint density at radius 3 is 2.69 bits per heavy atom. The van der Waals surface area contributed by atoms with E-state index in [1.165, 1.54) is 11.1 Å². The zero-order valence-electron chi connectivity index (χ0n) is 10.7. The lowest BCUT2D eigenvalue weighted by molar-refractivity contribution is 0.311. The van der Waals surface area contributed by atoms with Gasteiger partial charge >= 0.3 is 0 Å². The first kappa shape index (κ1) is 13.0. The van der Waals surface area contributed by atoms with Crippen molar-refractivity contribution in [3.05, 3.63) is 29.3 Å². The first-order valence-electron chi connectivity index (χ1n) is 6.21. The van der Waals surface area contributed by atoms with Gasteiger partial charge in [-0.15, -0.1) is 0 Å². The summed E-state index contributed by atoms with van der Waals surface area (Å²) in [6, 6.07) is 6.34. The van der Waals surface area contributed by atoms with Crippen LogP contribution in [0, 0.1) is 6.92 Å². The molecule has 0 heterocycles. The molecule has 0 amide bonds. The molecule has 1 aromatic rings. The molecule has 0 aliphatic heterocycles. The predicted molar refractivity (Wildman–Crippen MR) is 69.0 cm³/mol. The summed E-state index contributed by atoms with van der Waals surface area (Å²) < 4.78 is 5.81. The Balaban J connectivity index is 2.68. The maximum Gasteiger partial charge on any atom is 0.126 e. The molecule has 1 rings (SSSR count). The van der Waals surface area contributed by atoms with Gasteiger partial charge in [0.15, 0.2) is 0 Å². The summed E-state index contributed by atoms with van der Waals surface area (Å²) in [6.07, 6.45) is 2.22. The van der Waals surface area contributed by atoms with Gasteiger partial charge in [0.25, 0.3) is 0 Å². The minimum Gasteiger partial charge on any atom is -0.493 e. The summed E-state index contributed by atoms with van der Waals surface area (Å²) in [5, 5.41) is 3.42. The molecular formula is C14H23NO. The van der Waals surface area contributed by atoms with Gasteiger partial charge in [-0.05, 0) is 31.9 Å². The van der Waals surface area contributed by atoms with Gasteiger partial charge < -0.3 is 10.1 Å². The van der Waals surface area contributed by atoms with Crippen LogP contribution in [0.5, 0.6) is 5.75 Å². The monoisotopic (exact) mass is 221 g/mol. The molecule has 90 valence electrons. The fourth-order valence-corrected chi connectivity index (χ4v) is 1.66. The fourth-order valence-electron chi connectivity index (χ4n) is 1.66. The molecule has 1 aromatic carbocycles. The Morgan fingerprint density at radius 1 is 1.19 bits per heavy atom. The second-order valence-corrected chi connectivity index (χ2v) is 4.09.